The molecule has 1 aliphatic rings. The maximum Gasteiger partial charge on any atom is 0.213 e. The minimum absolute atomic E-state index is 0.290. The summed E-state index contributed by atoms with van der Waals surface area (Å²) < 4.78 is 10.9. The van der Waals surface area contributed by atoms with Crippen LogP contribution in [-0.2, 0) is 0 Å². The number of ether oxygens (including phenoxy) is 1. The van der Waals surface area contributed by atoms with Gasteiger partial charge in [-0.15, -0.1) is 0 Å². The van der Waals surface area contributed by atoms with E-state index in [9.17, 15) is 0 Å². The Hall–Kier alpha value is -1.81. The molecule has 2 aromatic heterocycles. The minimum atomic E-state index is 0.290. The summed E-state index contributed by atoms with van der Waals surface area (Å²) in [6.07, 6.45) is 7.58. The van der Waals surface area contributed by atoms with E-state index in [1.54, 1.807) is 12.5 Å². The quantitative estimate of drug-likeness (QED) is 0.901. The SMILES string of the molecule is c1cc(-c2ccc(OC3CCNCC3)nc2)co1. The summed E-state index contributed by atoms with van der Waals surface area (Å²) in [6, 6.07) is 5.85. The number of nitrogens with zero attached hydrogens (tertiary/aromatic N) is 1. The zero-order valence-electron chi connectivity index (χ0n) is 10.1. The smallest absolute Gasteiger partial charge is 0.213 e. The number of aromatic nitrogens is 1. The van der Waals surface area contributed by atoms with E-state index in [0.717, 1.165) is 37.1 Å². The van der Waals surface area contributed by atoms with Crippen LogP contribution >= 0.6 is 0 Å². The normalized spacial score (nSPS) is 16.7. The van der Waals surface area contributed by atoms with Crippen LogP contribution in [0.2, 0.25) is 0 Å². The van der Waals surface area contributed by atoms with Gasteiger partial charge in [0, 0.05) is 23.4 Å². The van der Waals surface area contributed by atoms with Gasteiger partial charge < -0.3 is 14.5 Å². The van der Waals surface area contributed by atoms with Crippen LogP contribution in [0.3, 0.4) is 0 Å². The molecule has 1 aliphatic heterocycles. The van der Waals surface area contributed by atoms with Gasteiger partial charge in [0.2, 0.25) is 5.88 Å². The molecular formula is C14H16N2O2. The van der Waals surface area contributed by atoms with Gasteiger partial charge in [0.1, 0.15) is 6.10 Å². The second kappa shape index (κ2) is 5.23. The maximum absolute atomic E-state index is 5.85. The highest BCUT2D eigenvalue weighted by molar-refractivity contribution is 5.60. The predicted molar refractivity (Wildman–Crippen MR) is 68.5 cm³/mol. The molecule has 4 heteroatoms. The highest BCUT2D eigenvalue weighted by Gasteiger charge is 2.14. The Balaban J connectivity index is 1.67. The van der Waals surface area contributed by atoms with Crippen molar-refractivity contribution in [1.29, 1.82) is 0 Å². The summed E-state index contributed by atoms with van der Waals surface area (Å²) in [5.74, 6) is 0.703. The Morgan fingerprint density at radius 3 is 2.72 bits per heavy atom. The number of nitrogens with one attached hydrogen (secondary N) is 1. The maximum atomic E-state index is 5.85. The number of pyridine rings is 1. The Morgan fingerprint density at radius 2 is 2.06 bits per heavy atom. The number of hydrogen-bond acceptors (Lipinski definition) is 4. The van der Waals surface area contributed by atoms with Gasteiger partial charge in [0.15, 0.2) is 0 Å². The zero-order chi connectivity index (χ0) is 12.2. The van der Waals surface area contributed by atoms with E-state index in [1.165, 1.54) is 0 Å². The fourth-order valence-electron chi connectivity index (χ4n) is 2.13. The van der Waals surface area contributed by atoms with Crippen molar-refractivity contribution in [3.05, 3.63) is 36.9 Å². The van der Waals surface area contributed by atoms with Gasteiger partial charge in [-0.25, -0.2) is 4.98 Å². The van der Waals surface area contributed by atoms with Crippen molar-refractivity contribution >= 4 is 0 Å². The molecule has 1 saturated heterocycles. The van der Waals surface area contributed by atoms with E-state index >= 15 is 0 Å². The van der Waals surface area contributed by atoms with Crippen LogP contribution in [0.5, 0.6) is 5.88 Å². The molecule has 0 atom stereocenters. The van der Waals surface area contributed by atoms with Crippen LogP contribution in [-0.4, -0.2) is 24.2 Å². The predicted octanol–water partition coefficient (Wildman–Crippen LogP) is 2.47. The average molecular weight is 244 g/mol. The lowest BCUT2D eigenvalue weighted by molar-refractivity contribution is 0.156. The number of furan rings is 1. The first-order valence-corrected chi connectivity index (χ1v) is 6.28. The van der Waals surface area contributed by atoms with Crippen molar-refractivity contribution in [3.8, 4) is 17.0 Å². The molecule has 2 aromatic rings. The van der Waals surface area contributed by atoms with Crippen LogP contribution in [0, 0.1) is 0 Å². The van der Waals surface area contributed by atoms with Gasteiger partial charge in [-0.1, -0.05) is 0 Å². The molecule has 3 heterocycles. The Kier molecular flexibility index (Phi) is 3.28. The third-order valence-electron chi connectivity index (χ3n) is 3.16. The Labute approximate surface area is 106 Å². The van der Waals surface area contributed by atoms with Crippen molar-refractivity contribution in [3.63, 3.8) is 0 Å². The molecule has 0 unspecified atom stereocenters. The van der Waals surface area contributed by atoms with Crippen LogP contribution in [0.15, 0.2) is 41.3 Å². The van der Waals surface area contributed by atoms with E-state index in [4.69, 9.17) is 9.15 Å². The van der Waals surface area contributed by atoms with Gasteiger partial charge in [-0.05, 0) is 38.1 Å². The van der Waals surface area contributed by atoms with Crippen molar-refractivity contribution in [2.24, 2.45) is 0 Å². The second-order valence-electron chi connectivity index (χ2n) is 4.46. The molecule has 0 bridgehead atoms. The standard InChI is InChI=1S/C14H16N2O2/c1-2-14(18-13-3-6-15-7-4-13)16-9-11(1)12-5-8-17-10-12/h1-2,5,8-10,13,15H,3-4,6-7H2. The fraction of sp³-hybridized carbons (Fsp3) is 0.357. The number of rotatable bonds is 3. The van der Waals surface area contributed by atoms with E-state index in [1.807, 2.05) is 24.4 Å². The first kappa shape index (κ1) is 11.3. The molecule has 0 amide bonds. The molecule has 1 N–H and O–H groups in total. The number of piperidine rings is 1. The summed E-state index contributed by atoms with van der Waals surface area (Å²) in [5, 5.41) is 3.32. The fourth-order valence-corrected chi connectivity index (χ4v) is 2.13. The topological polar surface area (TPSA) is 47.3 Å². The Bertz CT molecular complexity index is 473. The molecule has 94 valence electrons. The molecule has 1 fully saturated rings. The third-order valence-corrected chi connectivity index (χ3v) is 3.16. The first-order chi connectivity index (χ1) is 8.92. The van der Waals surface area contributed by atoms with Gasteiger partial charge in [-0.2, -0.15) is 0 Å². The highest BCUT2D eigenvalue weighted by Crippen LogP contribution is 2.21. The van der Waals surface area contributed by atoms with Crippen LogP contribution in [0.4, 0.5) is 0 Å². The lowest BCUT2D eigenvalue weighted by atomic mass is 10.1. The second-order valence-corrected chi connectivity index (χ2v) is 4.46. The lowest BCUT2D eigenvalue weighted by Gasteiger charge is -2.23. The van der Waals surface area contributed by atoms with Crippen LogP contribution in [0.1, 0.15) is 12.8 Å². The van der Waals surface area contributed by atoms with E-state index in [-0.39, 0.29) is 0 Å². The largest absolute Gasteiger partial charge is 0.474 e. The molecule has 0 aliphatic carbocycles. The zero-order valence-corrected chi connectivity index (χ0v) is 10.1. The van der Waals surface area contributed by atoms with E-state index in [2.05, 4.69) is 10.3 Å². The third kappa shape index (κ3) is 2.54. The minimum Gasteiger partial charge on any atom is -0.474 e. The summed E-state index contributed by atoms with van der Waals surface area (Å²) in [5.41, 5.74) is 2.08. The lowest BCUT2D eigenvalue weighted by Crippen LogP contribution is -2.34. The highest BCUT2D eigenvalue weighted by atomic mass is 16.5. The first-order valence-electron chi connectivity index (χ1n) is 6.28. The van der Waals surface area contributed by atoms with E-state index < -0.39 is 0 Å². The summed E-state index contributed by atoms with van der Waals surface area (Å²) in [4.78, 5) is 4.34. The van der Waals surface area contributed by atoms with Gasteiger partial charge >= 0.3 is 0 Å². The van der Waals surface area contributed by atoms with Crippen molar-refractivity contribution in [2.75, 3.05) is 13.1 Å². The summed E-state index contributed by atoms with van der Waals surface area (Å²) >= 11 is 0. The van der Waals surface area contributed by atoms with Gasteiger partial charge in [-0.3, -0.25) is 0 Å². The van der Waals surface area contributed by atoms with E-state index in [0.29, 0.717) is 12.0 Å². The van der Waals surface area contributed by atoms with Gasteiger partial charge in [0.05, 0.1) is 12.5 Å². The van der Waals surface area contributed by atoms with Crippen molar-refractivity contribution in [1.82, 2.24) is 10.3 Å². The monoisotopic (exact) mass is 244 g/mol. The summed E-state index contributed by atoms with van der Waals surface area (Å²) in [6.45, 7) is 2.05. The van der Waals surface area contributed by atoms with Gasteiger partial charge in [0.25, 0.3) is 0 Å². The molecule has 0 aromatic carbocycles. The molecule has 3 rings (SSSR count). The molecule has 0 radical (unpaired) electrons. The van der Waals surface area contributed by atoms with Crippen molar-refractivity contribution in [2.45, 2.75) is 18.9 Å². The molecular weight excluding hydrogens is 228 g/mol. The number of hydrogen-bond donors (Lipinski definition) is 1. The van der Waals surface area contributed by atoms with Crippen LogP contribution < -0.4 is 10.1 Å². The molecule has 18 heavy (non-hydrogen) atoms. The molecule has 0 saturated carbocycles. The van der Waals surface area contributed by atoms with Crippen molar-refractivity contribution < 1.29 is 9.15 Å². The average Bonchev–Trinajstić information content (AvgIpc) is 2.95. The Morgan fingerprint density at radius 1 is 1.17 bits per heavy atom. The molecule has 4 nitrogen and oxygen atoms in total. The molecule has 0 spiro atoms. The van der Waals surface area contributed by atoms with Crippen LogP contribution in [0.25, 0.3) is 11.1 Å². The summed E-state index contributed by atoms with van der Waals surface area (Å²) in [7, 11) is 0.